The molecule has 0 amide bonds. The second kappa shape index (κ2) is 9.65. The van der Waals surface area contributed by atoms with Crippen molar-refractivity contribution in [2.24, 2.45) is 0 Å². The summed E-state index contributed by atoms with van der Waals surface area (Å²) in [5.74, 6) is 0.791. The first kappa shape index (κ1) is 22.1. The number of unbranched alkanes of at least 4 members (excludes halogenated alkanes) is 1. The standard InChI is InChI=1S/C25H25B2N3O2S/c26-20-16-21(27)25-19(7-14-33-25)24(20)30-11-9-29(10-12-30)8-1-2-13-32-18-5-3-17-4-6-23(31)28-22(17)15-18/h3-7,14-16H,1-2,8-13H2,(H,28,31). The summed E-state index contributed by atoms with van der Waals surface area (Å²) in [7, 11) is 12.5. The number of pyridine rings is 1. The summed E-state index contributed by atoms with van der Waals surface area (Å²) in [5, 5.41) is 4.25. The van der Waals surface area contributed by atoms with Crippen LogP contribution >= 0.6 is 11.3 Å². The van der Waals surface area contributed by atoms with Crippen LogP contribution in [0.2, 0.25) is 0 Å². The van der Waals surface area contributed by atoms with Crippen LogP contribution < -0.4 is 26.1 Å². The van der Waals surface area contributed by atoms with Gasteiger partial charge in [0.05, 0.1) is 12.1 Å². The summed E-state index contributed by atoms with van der Waals surface area (Å²) in [5.41, 5.74) is 3.36. The molecule has 3 heterocycles. The minimum Gasteiger partial charge on any atom is -0.494 e. The normalized spacial score (nSPS) is 14.8. The van der Waals surface area contributed by atoms with E-state index in [9.17, 15) is 4.79 Å². The minimum absolute atomic E-state index is 0.0985. The molecule has 33 heavy (non-hydrogen) atoms. The van der Waals surface area contributed by atoms with E-state index in [-0.39, 0.29) is 5.56 Å². The number of nitrogens with one attached hydrogen (secondary N) is 1. The molecule has 1 fully saturated rings. The Hall–Kier alpha value is -2.70. The van der Waals surface area contributed by atoms with Gasteiger partial charge in [0.2, 0.25) is 5.56 Å². The fraction of sp³-hybridized carbons (Fsp3) is 0.320. The summed E-state index contributed by atoms with van der Waals surface area (Å²) >= 11 is 1.67. The number of piperazine rings is 1. The first-order chi connectivity index (χ1) is 16.1. The third-order valence-electron chi connectivity index (χ3n) is 6.29. The highest BCUT2D eigenvalue weighted by Crippen LogP contribution is 2.28. The molecule has 1 N–H and O–H groups in total. The number of hydrogen-bond donors (Lipinski definition) is 1. The van der Waals surface area contributed by atoms with E-state index in [4.69, 9.17) is 20.4 Å². The third-order valence-corrected chi connectivity index (χ3v) is 7.25. The number of aromatic nitrogens is 1. The van der Waals surface area contributed by atoms with Gasteiger partial charge in [0, 0.05) is 54.1 Å². The lowest BCUT2D eigenvalue weighted by atomic mass is 9.84. The summed E-state index contributed by atoms with van der Waals surface area (Å²) in [6.45, 7) is 5.70. The van der Waals surface area contributed by atoms with Gasteiger partial charge in [-0.1, -0.05) is 17.0 Å². The van der Waals surface area contributed by atoms with Gasteiger partial charge in [-0.3, -0.25) is 9.69 Å². The minimum atomic E-state index is -0.0985. The molecule has 0 saturated carbocycles. The summed E-state index contributed by atoms with van der Waals surface area (Å²) in [6.07, 6.45) is 2.08. The molecule has 0 bridgehead atoms. The van der Waals surface area contributed by atoms with Crippen LogP contribution in [0.3, 0.4) is 0 Å². The van der Waals surface area contributed by atoms with E-state index >= 15 is 0 Å². The van der Waals surface area contributed by atoms with Crippen molar-refractivity contribution >= 4 is 64.6 Å². The molecule has 0 unspecified atom stereocenters. The number of benzene rings is 2. The predicted molar refractivity (Wildman–Crippen MR) is 141 cm³/mol. The van der Waals surface area contributed by atoms with Gasteiger partial charge < -0.3 is 14.6 Å². The van der Waals surface area contributed by atoms with Crippen LogP contribution in [0, 0.1) is 0 Å². The van der Waals surface area contributed by atoms with Gasteiger partial charge >= 0.3 is 0 Å². The zero-order valence-corrected chi connectivity index (χ0v) is 19.4. The van der Waals surface area contributed by atoms with Crippen molar-refractivity contribution in [2.45, 2.75) is 12.8 Å². The molecule has 4 aromatic rings. The van der Waals surface area contributed by atoms with Gasteiger partial charge in [-0.25, -0.2) is 0 Å². The van der Waals surface area contributed by atoms with Gasteiger partial charge in [-0.05, 0) is 54.4 Å². The topological polar surface area (TPSA) is 48.6 Å². The van der Waals surface area contributed by atoms with E-state index in [1.54, 1.807) is 11.3 Å². The lowest BCUT2D eigenvalue weighted by Crippen LogP contribution is -2.48. The van der Waals surface area contributed by atoms with Gasteiger partial charge in [-0.15, -0.1) is 11.3 Å². The monoisotopic (exact) mass is 453 g/mol. The highest BCUT2D eigenvalue weighted by Gasteiger charge is 2.20. The molecule has 164 valence electrons. The number of ether oxygens (including phenoxy) is 1. The maximum atomic E-state index is 11.5. The number of hydrogen-bond acceptors (Lipinski definition) is 5. The number of thiophene rings is 1. The Labute approximate surface area is 200 Å². The number of nitrogens with zero attached hydrogens (tertiary/aromatic N) is 2. The third kappa shape index (κ3) is 4.82. The maximum absolute atomic E-state index is 11.5. The van der Waals surface area contributed by atoms with Gasteiger partial charge in [0.15, 0.2) is 0 Å². The van der Waals surface area contributed by atoms with E-state index < -0.39 is 0 Å². The lowest BCUT2D eigenvalue weighted by molar-refractivity contribution is 0.239. The number of fused-ring (bicyclic) bond motifs is 2. The first-order valence-electron chi connectivity index (χ1n) is 11.4. The molecule has 5 rings (SSSR count). The molecule has 2 aromatic heterocycles. The molecule has 2 aromatic carbocycles. The molecule has 1 aliphatic rings. The fourth-order valence-electron chi connectivity index (χ4n) is 4.57. The molecule has 1 aliphatic heterocycles. The van der Waals surface area contributed by atoms with Crippen molar-refractivity contribution in [1.82, 2.24) is 9.88 Å². The Bertz CT molecular complexity index is 1330. The Morgan fingerprint density at radius 2 is 1.79 bits per heavy atom. The number of anilines is 1. The highest BCUT2D eigenvalue weighted by atomic mass is 32.1. The zero-order valence-electron chi connectivity index (χ0n) is 18.5. The van der Waals surface area contributed by atoms with Crippen LogP contribution in [0.4, 0.5) is 5.69 Å². The van der Waals surface area contributed by atoms with Crippen LogP contribution in [-0.2, 0) is 0 Å². The van der Waals surface area contributed by atoms with E-state index in [1.807, 2.05) is 30.3 Å². The zero-order chi connectivity index (χ0) is 22.8. The Balaban J connectivity index is 1.08. The van der Waals surface area contributed by atoms with Crippen molar-refractivity contribution in [2.75, 3.05) is 44.2 Å². The molecule has 1 saturated heterocycles. The van der Waals surface area contributed by atoms with Crippen molar-refractivity contribution in [3.05, 3.63) is 58.2 Å². The van der Waals surface area contributed by atoms with E-state index in [1.165, 1.54) is 11.5 Å². The molecule has 5 nitrogen and oxygen atoms in total. The average molecular weight is 453 g/mol. The average Bonchev–Trinajstić information content (AvgIpc) is 3.30. The molecule has 0 atom stereocenters. The van der Waals surface area contributed by atoms with Crippen LogP contribution in [0.1, 0.15) is 12.8 Å². The van der Waals surface area contributed by atoms with E-state index in [0.29, 0.717) is 6.61 Å². The van der Waals surface area contributed by atoms with Crippen molar-refractivity contribution in [3.8, 4) is 5.75 Å². The van der Waals surface area contributed by atoms with Crippen molar-refractivity contribution in [1.29, 1.82) is 0 Å². The Morgan fingerprint density at radius 1 is 0.970 bits per heavy atom. The quantitative estimate of drug-likeness (QED) is 0.345. The summed E-state index contributed by atoms with van der Waals surface area (Å²) in [4.78, 5) is 19.3. The van der Waals surface area contributed by atoms with Crippen molar-refractivity contribution < 1.29 is 4.74 Å². The molecular formula is C25H25B2N3O2S. The fourth-order valence-corrected chi connectivity index (χ4v) is 5.40. The smallest absolute Gasteiger partial charge is 0.248 e. The van der Waals surface area contributed by atoms with Crippen LogP contribution in [0.15, 0.2) is 52.6 Å². The maximum Gasteiger partial charge on any atom is 0.248 e. The molecule has 4 radical (unpaired) electrons. The SMILES string of the molecule is [B]c1cc([B])c2sccc2c1N1CCN(CCCCOc2ccc3ccc(=O)[nH]c3c2)CC1. The number of H-pyrrole nitrogens is 1. The van der Waals surface area contributed by atoms with Crippen LogP contribution in [-0.4, -0.2) is 64.9 Å². The number of rotatable bonds is 7. The summed E-state index contributed by atoms with van der Waals surface area (Å²) in [6, 6.07) is 13.2. The molecular weight excluding hydrogens is 428 g/mol. The van der Waals surface area contributed by atoms with Crippen molar-refractivity contribution in [3.63, 3.8) is 0 Å². The lowest BCUT2D eigenvalue weighted by Gasteiger charge is -2.37. The second-order valence-corrected chi connectivity index (χ2v) is 9.44. The molecule has 8 heteroatoms. The van der Waals surface area contributed by atoms with E-state index in [2.05, 4.69) is 26.2 Å². The van der Waals surface area contributed by atoms with Gasteiger partial charge in [-0.2, -0.15) is 0 Å². The Kier molecular flexibility index (Phi) is 6.47. The van der Waals surface area contributed by atoms with Gasteiger partial charge in [0.25, 0.3) is 0 Å². The second-order valence-electron chi connectivity index (χ2n) is 8.52. The number of aromatic amines is 1. The van der Waals surface area contributed by atoms with Gasteiger partial charge in [0.1, 0.15) is 21.4 Å². The highest BCUT2D eigenvalue weighted by molar-refractivity contribution is 7.18. The van der Waals surface area contributed by atoms with Crippen LogP contribution in [0.25, 0.3) is 21.0 Å². The summed E-state index contributed by atoms with van der Waals surface area (Å²) < 4.78 is 7.03. The Morgan fingerprint density at radius 3 is 2.64 bits per heavy atom. The first-order valence-corrected chi connectivity index (χ1v) is 12.2. The van der Waals surface area contributed by atoms with Crippen LogP contribution in [0.5, 0.6) is 5.75 Å². The molecule has 0 spiro atoms. The molecule has 0 aliphatic carbocycles. The largest absolute Gasteiger partial charge is 0.494 e. The predicted octanol–water partition coefficient (Wildman–Crippen LogP) is 2.31. The van der Waals surface area contributed by atoms with E-state index in [0.717, 1.165) is 83.5 Å².